The van der Waals surface area contributed by atoms with Crippen LogP contribution in [0.15, 0.2) is 12.1 Å². The van der Waals surface area contributed by atoms with Gasteiger partial charge in [-0.2, -0.15) is 0 Å². The minimum atomic E-state index is -0.768. The first kappa shape index (κ1) is 22.5. The molecule has 1 amide bonds. The quantitative estimate of drug-likeness (QED) is 0.662. The zero-order chi connectivity index (χ0) is 20.6. The third kappa shape index (κ3) is 7.68. The van der Waals surface area contributed by atoms with Crippen molar-refractivity contribution in [3.8, 4) is 5.75 Å². The summed E-state index contributed by atoms with van der Waals surface area (Å²) >= 11 is 0. The molecular formula is C20H29NO6. The Morgan fingerprint density at radius 1 is 1.04 bits per heavy atom. The Bertz CT molecular complexity index is 660. The summed E-state index contributed by atoms with van der Waals surface area (Å²) in [5.74, 6) is -0.946. The van der Waals surface area contributed by atoms with Gasteiger partial charge in [-0.1, -0.05) is 31.5 Å². The van der Waals surface area contributed by atoms with E-state index in [-0.39, 0.29) is 12.5 Å². The number of nitrogens with one attached hydrogen (secondary N) is 1. The van der Waals surface area contributed by atoms with Gasteiger partial charge in [-0.25, -0.2) is 9.59 Å². The van der Waals surface area contributed by atoms with E-state index in [0.717, 1.165) is 16.7 Å². The van der Waals surface area contributed by atoms with Crippen molar-refractivity contribution in [1.29, 1.82) is 0 Å². The fourth-order valence-corrected chi connectivity index (χ4v) is 2.78. The molecule has 0 saturated heterocycles. The summed E-state index contributed by atoms with van der Waals surface area (Å²) in [6.07, 6.45) is 0.432. The smallest absolute Gasteiger partial charge is 0.344 e. The molecular weight excluding hydrogens is 350 g/mol. The molecule has 7 heteroatoms. The molecule has 0 aliphatic rings. The summed E-state index contributed by atoms with van der Waals surface area (Å²) in [4.78, 5) is 35.5. The fraction of sp³-hybridized carbons (Fsp3) is 0.550. The summed E-state index contributed by atoms with van der Waals surface area (Å²) in [6.45, 7) is 8.84. The monoisotopic (exact) mass is 379 g/mol. The number of methoxy groups -OCH3 is 1. The first-order chi connectivity index (χ1) is 12.6. The number of rotatable bonds is 9. The third-order valence-corrected chi connectivity index (χ3v) is 3.83. The minimum Gasteiger partial charge on any atom is -0.481 e. The van der Waals surface area contributed by atoms with E-state index >= 15 is 0 Å². The van der Waals surface area contributed by atoms with Crippen LogP contribution < -0.4 is 10.1 Å². The molecule has 0 saturated carbocycles. The number of ether oxygens (including phenoxy) is 3. The number of hydrogen-bond acceptors (Lipinski definition) is 6. The minimum absolute atomic E-state index is 0.186. The van der Waals surface area contributed by atoms with Crippen LogP contribution >= 0.6 is 0 Å². The van der Waals surface area contributed by atoms with Crippen LogP contribution in [0, 0.1) is 26.7 Å². The maximum absolute atomic E-state index is 11.9. The van der Waals surface area contributed by atoms with Gasteiger partial charge < -0.3 is 19.5 Å². The number of carbonyl (C=O) groups is 3. The first-order valence-electron chi connectivity index (χ1n) is 8.87. The van der Waals surface area contributed by atoms with E-state index in [1.807, 2.05) is 46.8 Å². The van der Waals surface area contributed by atoms with E-state index in [1.165, 1.54) is 7.11 Å². The van der Waals surface area contributed by atoms with Crippen LogP contribution in [0.1, 0.15) is 37.0 Å². The fourth-order valence-electron chi connectivity index (χ4n) is 2.78. The van der Waals surface area contributed by atoms with Crippen LogP contribution in [-0.2, 0) is 23.9 Å². The highest BCUT2D eigenvalue weighted by molar-refractivity contribution is 5.86. The molecule has 0 radical (unpaired) electrons. The number of esters is 2. The lowest BCUT2D eigenvalue weighted by Gasteiger charge is -2.18. The van der Waals surface area contributed by atoms with E-state index in [2.05, 4.69) is 10.1 Å². The van der Waals surface area contributed by atoms with E-state index in [9.17, 15) is 14.4 Å². The summed E-state index contributed by atoms with van der Waals surface area (Å²) in [6, 6.07) is 3.15. The van der Waals surface area contributed by atoms with E-state index < -0.39 is 30.5 Å². The molecule has 150 valence electrons. The Balaban J connectivity index is 2.49. The molecule has 1 rings (SSSR count). The lowest BCUT2D eigenvalue weighted by atomic mass is 10.0. The molecule has 27 heavy (non-hydrogen) atoms. The van der Waals surface area contributed by atoms with Gasteiger partial charge in [-0.15, -0.1) is 0 Å². The van der Waals surface area contributed by atoms with Crippen LogP contribution in [0.2, 0.25) is 0 Å². The second-order valence-corrected chi connectivity index (χ2v) is 6.95. The van der Waals surface area contributed by atoms with Gasteiger partial charge in [0.1, 0.15) is 11.8 Å². The summed E-state index contributed by atoms with van der Waals surface area (Å²) in [7, 11) is 1.26. The molecule has 0 spiro atoms. The Morgan fingerprint density at radius 2 is 1.63 bits per heavy atom. The van der Waals surface area contributed by atoms with Gasteiger partial charge in [-0.3, -0.25) is 4.79 Å². The Morgan fingerprint density at radius 3 is 2.15 bits per heavy atom. The molecule has 0 heterocycles. The molecule has 0 aliphatic heterocycles. The van der Waals surface area contributed by atoms with Crippen molar-refractivity contribution >= 4 is 17.8 Å². The number of amides is 1. The Labute approximate surface area is 160 Å². The molecule has 1 N–H and O–H groups in total. The maximum atomic E-state index is 11.9. The molecule has 0 aromatic heterocycles. The van der Waals surface area contributed by atoms with E-state index in [0.29, 0.717) is 12.2 Å². The van der Waals surface area contributed by atoms with Gasteiger partial charge >= 0.3 is 11.9 Å². The summed E-state index contributed by atoms with van der Waals surface area (Å²) in [5, 5.41) is 2.52. The number of aryl methyl sites for hydroxylation is 3. The number of carbonyl (C=O) groups excluding carboxylic acids is 3. The predicted molar refractivity (Wildman–Crippen MR) is 101 cm³/mol. The van der Waals surface area contributed by atoms with Crippen LogP contribution in [0.5, 0.6) is 5.75 Å². The standard InChI is InChI=1S/C20H29NO6/c1-12(2)7-16(20(24)25-6)21-17(22)10-26-18(23)11-27-19-14(4)8-13(3)9-15(19)5/h8-9,12,16H,7,10-11H2,1-6H3,(H,21,22)/t16-/m0/s1. The highest BCUT2D eigenvalue weighted by Crippen LogP contribution is 2.24. The highest BCUT2D eigenvalue weighted by atomic mass is 16.6. The van der Waals surface area contributed by atoms with Gasteiger partial charge in [0.2, 0.25) is 0 Å². The Kier molecular flexibility index (Phi) is 8.78. The first-order valence-corrected chi connectivity index (χ1v) is 8.87. The summed E-state index contributed by atoms with van der Waals surface area (Å²) < 4.78 is 15.1. The van der Waals surface area contributed by atoms with Crippen LogP contribution in [-0.4, -0.2) is 44.2 Å². The van der Waals surface area contributed by atoms with Gasteiger partial charge in [0.15, 0.2) is 13.2 Å². The van der Waals surface area contributed by atoms with Gasteiger partial charge in [0, 0.05) is 0 Å². The predicted octanol–water partition coefficient (Wildman–Crippen LogP) is 2.24. The Hall–Kier alpha value is -2.57. The van der Waals surface area contributed by atoms with E-state index in [1.54, 1.807) is 0 Å². The highest BCUT2D eigenvalue weighted by Gasteiger charge is 2.23. The average molecular weight is 379 g/mol. The van der Waals surface area contributed by atoms with Crippen molar-refractivity contribution < 1.29 is 28.6 Å². The average Bonchev–Trinajstić information content (AvgIpc) is 2.57. The molecule has 0 unspecified atom stereocenters. The topological polar surface area (TPSA) is 90.9 Å². The van der Waals surface area contributed by atoms with Crippen LogP contribution in [0.25, 0.3) is 0 Å². The van der Waals surface area contributed by atoms with Crippen molar-refractivity contribution in [2.24, 2.45) is 5.92 Å². The SMILES string of the molecule is COC(=O)[C@H](CC(C)C)NC(=O)COC(=O)COc1c(C)cc(C)cc1C. The normalized spacial score (nSPS) is 11.7. The number of hydrogen-bond donors (Lipinski definition) is 1. The van der Waals surface area contributed by atoms with Crippen LogP contribution in [0.3, 0.4) is 0 Å². The molecule has 1 aromatic carbocycles. The van der Waals surface area contributed by atoms with Crippen molar-refractivity contribution in [3.63, 3.8) is 0 Å². The van der Waals surface area contributed by atoms with Crippen LogP contribution in [0.4, 0.5) is 0 Å². The zero-order valence-electron chi connectivity index (χ0n) is 16.9. The number of benzene rings is 1. The second-order valence-electron chi connectivity index (χ2n) is 6.95. The van der Waals surface area contributed by atoms with Crippen molar-refractivity contribution in [3.05, 3.63) is 28.8 Å². The third-order valence-electron chi connectivity index (χ3n) is 3.83. The van der Waals surface area contributed by atoms with Gasteiger partial charge in [0.05, 0.1) is 7.11 Å². The zero-order valence-corrected chi connectivity index (χ0v) is 16.9. The molecule has 0 fully saturated rings. The van der Waals surface area contributed by atoms with Crippen molar-refractivity contribution in [2.45, 2.75) is 47.1 Å². The summed E-state index contributed by atoms with van der Waals surface area (Å²) in [5.41, 5.74) is 2.96. The molecule has 0 aliphatic carbocycles. The second kappa shape index (κ2) is 10.5. The lowest BCUT2D eigenvalue weighted by molar-refractivity contribution is -0.151. The molecule has 7 nitrogen and oxygen atoms in total. The largest absolute Gasteiger partial charge is 0.481 e. The van der Waals surface area contributed by atoms with Crippen molar-refractivity contribution in [1.82, 2.24) is 5.32 Å². The molecule has 1 atom stereocenters. The molecule has 0 bridgehead atoms. The maximum Gasteiger partial charge on any atom is 0.344 e. The van der Waals surface area contributed by atoms with E-state index in [4.69, 9.17) is 9.47 Å². The molecule has 1 aromatic rings. The van der Waals surface area contributed by atoms with Gasteiger partial charge in [-0.05, 0) is 44.2 Å². The van der Waals surface area contributed by atoms with Crippen molar-refractivity contribution in [2.75, 3.05) is 20.3 Å². The van der Waals surface area contributed by atoms with Gasteiger partial charge in [0.25, 0.3) is 5.91 Å². The lowest BCUT2D eigenvalue weighted by Crippen LogP contribution is -2.44.